The van der Waals surface area contributed by atoms with Crippen LogP contribution in [0.3, 0.4) is 0 Å². The molecule has 2 N–H and O–H groups in total. The van der Waals surface area contributed by atoms with Crippen LogP contribution in [0, 0.1) is 0 Å². The van der Waals surface area contributed by atoms with Crippen molar-refractivity contribution in [3.05, 3.63) is 29.8 Å². The summed E-state index contributed by atoms with van der Waals surface area (Å²) in [6.45, 7) is 6.86. The van der Waals surface area contributed by atoms with E-state index >= 15 is 0 Å². The van der Waals surface area contributed by atoms with Gasteiger partial charge in [-0.3, -0.25) is 0 Å². The predicted molar refractivity (Wildman–Crippen MR) is 84.6 cm³/mol. The highest BCUT2D eigenvalue weighted by Crippen LogP contribution is 2.19. The van der Waals surface area contributed by atoms with Gasteiger partial charge in [-0.1, -0.05) is 18.2 Å². The molecule has 0 aromatic heterocycles. The van der Waals surface area contributed by atoms with E-state index in [1.807, 2.05) is 25.1 Å². The van der Waals surface area contributed by atoms with Crippen molar-refractivity contribution < 1.29 is 9.53 Å². The average molecular weight is 291 g/mol. The minimum atomic E-state index is -0.246. The fourth-order valence-corrected chi connectivity index (χ4v) is 2.46. The van der Waals surface area contributed by atoms with Crippen molar-refractivity contribution in [2.45, 2.75) is 32.4 Å². The summed E-state index contributed by atoms with van der Waals surface area (Å²) in [7, 11) is 2.05. The number of anilines is 1. The molecule has 1 atom stereocenters. The lowest BCUT2D eigenvalue weighted by molar-refractivity contribution is 0.170. The Bertz CT molecular complexity index is 484. The molecule has 21 heavy (non-hydrogen) atoms. The van der Waals surface area contributed by atoms with E-state index in [2.05, 4.69) is 35.6 Å². The van der Waals surface area contributed by atoms with Crippen molar-refractivity contribution in [2.75, 3.05) is 31.7 Å². The van der Waals surface area contributed by atoms with Gasteiger partial charge >= 0.3 is 6.03 Å². The molecule has 5 heteroatoms. The van der Waals surface area contributed by atoms with Gasteiger partial charge in [0.15, 0.2) is 0 Å². The highest BCUT2D eigenvalue weighted by atomic mass is 16.5. The summed E-state index contributed by atoms with van der Waals surface area (Å²) in [5, 5.41) is 5.94. The summed E-state index contributed by atoms with van der Waals surface area (Å²) >= 11 is 0. The number of carbonyl (C=O) groups excluding carboxylic acids is 1. The van der Waals surface area contributed by atoms with Crippen molar-refractivity contribution >= 4 is 11.7 Å². The standard InChI is InChI=1S/C16H25N3O2/c1-4-19(3)14-8-6-5-7-13(14)11-17-15(20)18-16(2)9-10-21-12-16/h5-8H,4,9-12H2,1-3H3,(H2,17,18,20)/t16-/m1/s1. The fraction of sp³-hybridized carbons (Fsp3) is 0.562. The third kappa shape index (κ3) is 4.11. The van der Waals surface area contributed by atoms with E-state index in [0.717, 1.165) is 24.2 Å². The van der Waals surface area contributed by atoms with Crippen LogP contribution in [0.5, 0.6) is 0 Å². The Hall–Kier alpha value is -1.75. The first-order valence-electron chi connectivity index (χ1n) is 7.47. The van der Waals surface area contributed by atoms with Crippen LogP contribution in [0.15, 0.2) is 24.3 Å². The predicted octanol–water partition coefficient (Wildman–Crippen LogP) is 2.12. The molecule has 1 aromatic carbocycles. The summed E-state index contributed by atoms with van der Waals surface area (Å²) in [5.74, 6) is 0. The van der Waals surface area contributed by atoms with Crippen molar-refractivity contribution in [1.82, 2.24) is 10.6 Å². The monoisotopic (exact) mass is 291 g/mol. The van der Waals surface area contributed by atoms with E-state index in [0.29, 0.717) is 19.8 Å². The Morgan fingerprint density at radius 1 is 1.43 bits per heavy atom. The Labute approximate surface area is 126 Å². The summed E-state index contributed by atoms with van der Waals surface area (Å²) in [6, 6.07) is 7.99. The van der Waals surface area contributed by atoms with Gasteiger partial charge in [-0.05, 0) is 31.9 Å². The maximum atomic E-state index is 12.0. The molecule has 0 radical (unpaired) electrons. The molecule has 2 amide bonds. The first-order chi connectivity index (χ1) is 10.0. The van der Waals surface area contributed by atoms with Gasteiger partial charge in [0, 0.05) is 32.4 Å². The smallest absolute Gasteiger partial charge is 0.315 e. The first-order valence-corrected chi connectivity index (χ1v) is 7.47. The molecule has 1 saturated heterocycles. The molecule has 0 bridgehead atoms. The summed E-state index contributed by atoms with van der Waals surface area (Å²) < 4.78 is 5.34. The molecule has 1 aliphatic rings. The number of hydrogen-bond donors (Lipinski definition) is 2. The number of para-hydroxylation sites is 1. The number of carbonyl (C=O) groups is 1. The maximum absolute atomic E-state index is 12.0. The van der Waals surface area contributed by atoms with Crippen LogP contribution < -0.4 is 15.5 Å². The highest BCUT2D eigenvalue weighted by molar-refractivity contribution is 5.75. The quantitative estimate of drug-likeness (QED) is 0.874. The molecule has 1 aliphatic heterocycles. The molecule has 0 aliphatic carbocycles. The van der Waals surface area contributed by atoms with E-state index in [9.17, 15) is 4.79 Å². The van der Waals surface area contributed by atoms with Crippen LogP contribution >= 0.6 is 0 Å². The van der Waals surface area contributed by atoms with Crippen LogP contribution in [0.2, 0.25) is 0 Å². The third-order valence-corrected chi connectivity index (χ3v) is 3.95. The van der Waals surface area contributed by atoms with Crippen LogP contribution in [-0.4, -0.2) is 38.4 Å². The Morgan fingerprint density at radius 2 is 2.19 bits per heavy atom. The molecule has 2 rings (SSSR count). The number of rotatable bonds is 5. The lowest BCUT2D eigenvalue weighted by Crippen LogP contribution is -2.50. The number of hydrogen-bond acceptors (Lipinski definition) is 3. The number of nitrogens with one attached hydrogen (secondary N) is 2. The number of nitrogens with zero attached hydrogens (tertiary/aromatic N) is 1. The molecular formula is C16H25N3O2. The molecule has 0 spiro atoms. The summed E-state index contributed by atoms with van der Waals surface area (Å²) in [5.41, 5.74) is 2.02. The van der Waals surface area contributed by atoms with Gasteiger partial charge in [-0.2, -0.15) is 0 Å². The second-order valence-corrected chi connectivity index (χ2v) is 5.81. The zero-order chi connectivity index (χ0) is 15.3. The van der Waals surface area contributed by atoms with Crippen molar-refractivity contribution in [3.63, 3.8) is 0 Å². The average Bonchev–Trinajstić information content (AvgIpc) is 2.90. The second-order valence-electron chi connectivity index (χ2n) is 5.81. The third-order valence-electron chi connectivity index (χ3n) is 3.95. The van der Waals surface area contributed by atoms with Gasteiger partial charge in [0.25, 0.3) is 0 Å². The van der Waals surface area contributed by atoms with Crippen molar-refractivity contribution in [2.24, 2.45) is 0 Å². The van der Waals surface area contributed by atoms with Gasteiger partial charge in [-0.25, -0.2) is 4.79 Å². The molecule has 0 unspecified atom stereocenters. The molecular weight excluding hydrogens is 266 g/mol. The Balaban J connectivity index is 1.92. The first kappa shape index (κ1) is 15.6. The Morgan fingerprint density at radius 3 is 2.86 bits per heavy atom. The molecule has 1 fully saturated rings. The van der Waals surface area contributed by atoms with E-state index in [4.69, 9.17) is 4.74 Å². The minimum absolute atomic E-state index is 0.142. The largest absolute Gasteiger partial charge is 0.379 e. The molecule has 5 nitrogen and oxygen atoms in total. The normalized spacial score (nSPS) is 21.1. The summed E-state index contributed by atoms with van der Waals surface area (Å²) in [4.78, 5) is 14.2. The van der Waals surface area contributed by atoms with Crippen LogP contribution in [-0.2, 0) is 11.3 Å². The van der Waals surface area contributed by atoms with Crippen molar-refractivity contribution in [3.8, 4) is 0 Å². The Kier molecular flexibility index (Phi) is 5.07. The van der Waals surface area contributed by atoms with E-state index in [1.54, 1.807) is 0 Å². The maximum Gasteiger partial charge on any atom is 0.315 e. The lowest BCUT2D eigenvalue weighted by Gasteiger charge is -2.24. The van der Waals surface area contributed by atoms with Gasteiger partial charge < -0.3 is 20.3 Å². The SMILES string of the molecule is CCN(C)c1ccccc1CNC(=O)N[C@]1(C)CCOC1. The van der Waals surface area contributed by atoms with E-state index < -0.39 is 0 Å². The van der Waals surface area contributed by atoms with Crippen LogP contribution in [0.4, 0.5) is 10.5 Å². The van der Waals surface area contributed by atoms with Gasteiger partial charge in [0.1, 0.15) is 0 Å². The van der Waals surface area contributed by atoms with Crippen LogP contribution in [0.25, 0.3) is 0 Å². The highest BCUT2D eigenvalue weighted by Gasteiger charge is 2.31. The topological polar surface area (TPSA) is 53.6 Å². The number of urea groups is 1. The molecule has 1 heterocycles. The van der Waals surface area contributed by atoms with Crippen LogP contribution in [0.1, 0.15) is 25.8 Å². The molecule has 0 saturated carbocycles. The van der Waals surface area contributed by atoms with Gasteiger partial charge in [0.05, 0.1) is 12.1 Å². The van der Waals surface area contributed by atoms with E-state index in [-0.39, 0.29) is 11.6 Å². The molecule has 1 aromatic rings. The lowest BCUT2D eigenvalue weighted by atomic mass is 10.0. The number of benzene rings is 1. The number of amides is 2. The summed E-state index contributed by atoms with van der Waals surface area (Å²) in [6.07, 6.45) is 0.857. The van der Waals surface area contributed by atoms with Gasteiger partial charge in [0.2, 0.25) is 0 Å². The zero-order valence-electron chi connectivity index (χ0n) is 13.1. The fourth-order valence-electron chi connectivity index (χ4n) is 2.46. The second kappa shape index (κ2) is 6.80. The van der Waals surface area contributed by atoms with E-state index in [1.165, 1.54) is 0 Å². The molecule has 116 valence electrons. The minimum Gasteiger partial charge on any atom is -0.379 e. The van der Waals surface area contributed by atoms with Crippen molar-refractivity contribution in [1.29, 1.82) is 0 Å². The van der Waals surface area contributed by atoms with Gasteiger partial charge in [-0.15, -0.1) is 0 Å². The number of ether oxygens (including phenoxy) is 1. The zero-order valence-corrected chi connectivity index (χ0v) is 13.1.